The van der Waals surface area contributed by atoms with Gasteiger partial charge in [0, 0.05) is 12.5 Å². The molecule has 1 atom stereocenters. The van der Waals surface area contributed by atoms with Crippen LogP contribution in [0.3, 0.4) is 0 Å². The number of nitrogens with zero attached hydrogens (tertiary/aromatic N) is 1. The number of hydrogen-bond donors (Lipinski definition) is 1. The molecule has 15 heavy (non-hydrogen) atoms. The van der Waals surface area contributed by atoms with Gasteiger partial charge in [0.2, 0.25) is 5.91 Å². The molecular formula is C10H18F2N2O. The molecule has 88 valence electrons. The molecule has 0 aromatic carbocycles. The first-order chi connectivity index (χ1) is 6.95. The fourth-order valence-corrected chi connectivity index (χ4v) is 1.71. The zero-order chi connectivity index (χ0) is 11.5. The fourth-order valence-electron chi connectivity index (χ4n) is 1.71. The molecule has 0 saturated carbocycles. The number of amides is 1. The summed E-state index contributed by atoms with van der Waals surface area (Å²) < 4.78 is 26.6. The Labute approximate surface area is 88.8 Å². The van der Waals surface area contributed by atoms with Gasteiger partial charge in [0.05, 0.1) is 13.1 Å². The third-order valence-electron chi connectivity index (χ3n) is 2.77. The van der Waals surface area contributed by atoms with E-state index < -0.39 is 11.8 Å². The number of likely N-dealkylation sites (N-methyl/N-ethyl adjacent to an activating group) is 1. The molecule has 1 aliphatic heterocycles. The SMILES string of the molecule is CCNC(=O)CN1CCC(C)C(F)(F)C1. The van der Waals surface area contributed by atoms with Crippen LogP contribution in [0, 0.1) is 5.92 Å². The number of carbonyl (C=O) groups excluding carboxylic acids is 1. The summed E-state index contributed by atoms with van der Waals surface area (Å²) >= 11 is 0. The van der Waals surface area contributed by atoms with Crippen molar-refractivity contribution in [2.45, 2.75) is 26.2 Å². The summed E-state index contributed by atoms with van der Waals surface area (Å²) in [5.41, 5.74) is 0. The summed E-state index contributed by atoms with van der Waals surface area (Å²) in [5, 5.41) is 2.61. The Balaban J connectivity index is 2.42. The molecule has 0 aromatic heterocycles. The van der Waals surface area contributed by atoms with Crippen molar-refractivity contribution in [2.24, 2.45) is 5.92 Å². The van der Waals surface area contributed by atoms with Crippen LogP contribution in [-0.4, -0.2) is 42.9 Å². The molecule has 1 rings (SSSR count). The lowest BCUT2D eigenvalue weighted by atomic mass is 9.95. The molecule has 0 spiro atoms. The van der Waals surface area contributed by atoms with Crippen LogP contribution >= 0.6 is 0 Å². The van der Waals surface area contributed by atoms with Gasteiger partial charge in [0.15, 0.2) is 0 Å². The van der Waals surface area contributed by atoms with Crippen LogP contribution in [0.5, 0.6) is 0 Å². The second-order valence-corrected chi connectivity index (χ2v) is 4.11. The molecule has 1 amide bonds. The fraction of sp³-hybridized carbons (Fsp3) is 0.900. The summed E-state index contributed by atoms with van der Waals surface area (Å²) in [6.07, 6.45) is 0.451. The van der Waals surface area contributed by atoms with E-state index in [1.165, 1.54) is 4.90 Å². The lowest BCUT2D eigenvalue weighted by Gasteiger charge is -2.36. The van der Waals surface area contributed by atoms with Crippen LogP contribution in [0.15, 0.2) is 0 Å². The first kappa shape index (κ1) is 12.4. The topological polar surface area (TPSA) is 32.3 Å². The lowest BCUT2D eigenvalue weighted by Crippen LogP contribution is -2.50. The third-order valence-corrected chi connectivity index (χ3v) is 2.77. The molecule has 1 unspecified atom stereocenters. The van der Waals surface area contributed by atoms with Gasteiger partial charge in [-0.3, -0.25) is 9.69 Å². The average molecular weight is 220 g/mol. The van der Waals surface area contributed by atoms with Crippen LogP contribution in [-0.2, 0) is 4.79 Å². The Morgan fingerprint density at radius 1 is 1.60 bits per heavy atom. The van der Waals surface area contributed by atoms with Crippen molar-refractivity contribution < 1.29 is 13.6 Å². The first-order valence-electron chi connectivity index (χ1n) is 5.32. The Kier molecular flexibility index (Phi) is 4.02. The van der Waals surface area contributed by atoms with E-state index in [0.29, 0.717) is 19.5 Å². The van der Waals surface area contributed by atoms with Crippen molar-refractivity contribution in [3.05, 3.63) is 0 Å². The Morgan fingerprint density at radius 3 is 2.80 bits per heavy atom. The highest BCUT2D eigenvalue weighted by atomic mass is 19.3. The molecule has 3 nitrogen and oxygen atoms in total. The van der Waals surface area contributed by atoms with Gasteiger partial charge in [-0.05, 0) is 19.9 Å². The van der Waals surface area contributed by atoms with Crippen molar-refractivity contribution in [3.63, 3.8) is 0 Å². The molecule has 0 aliphatic carbocycles. The number of rotatable bonds is 3. The maximum atomic E-state index is 13.3. The van der Waals surface area contributed by atoms with E-state index >= 15 is 0 Å². The molecule has 0 bridgehead atoms. The van der Waals surface area contributed by atoms with Gasteiger partial charge in [-0.1, -0.05) is 6.92 Å². The molecule has 5 heteroatoms. The lowest BCUT2D eigenvalue weighted by molar-refractivity contribution is -0.129. The zero-order valence-electron chi connectivity index (χ0n) is 9.22. The molecule has 1 heterocycles. The Bertz CT molecular complexity index is 233. The Morgan fingerprint density at radius 2 is 2.27 bits per heavy atom. The number of hydrogen-bond acceptors (Lipinski definition) is 2. The smallest absolute Gasteiger partial charge is 0.263 e. The molecular weight excluding hydrogens is 202 g/mol. The normalized spacial score (nSPS) is 26.3. The molecule has 1 N–H and O–H groups in total. The summed E-state index contributed by atoms with van der Waals surface area (Å²) in [5.74, 6) is -3.42. The van der Waals surface area contributed by atoms with E-state index in [1.54, 1.807) is 6.92 Å². The van der Waals surface area contributed by atoms with Gasteiger partial charge in [-0.2, -0.15) is 0 Å². The van der Waals surface area contributed by atoms with Gasteiger partial charge in [0.1, 0.15) is 0 Å². The van der Waals surface area contributed by atoms with E-state index in [1.807, 2.05) is 6.92 Å². The van der Waals surface area contributed by atoms with Gasteiger partial charge >= 0.3 is 0 Å². The number of halogens is 2. The Hall–Kier alpha value is -0.710. The highest BCUT2D eigenvalue weighted by molar-refractivity contribution is 5.77. The van der Waals surface area contributed by atoms with Gasteiger partial charge in [-0.15, -0.1) is 0 Å². The van der Waals surface area contributed by atoms with E-state index in [0.717, 1.165) is 0 Å². The second-order valence-electron chi connectivity index (χ2n) is 4.11. The minimum Gasteiger partial charge on any atom is -0.355 e. The maximum Gasteiger partial charge on any atom is 0.263 e. The first-order valence-corrected chi connectivity index (χ1v) is 5.32. The quantitative estimate of drug-likeness (QED) is 0.772. The highest BCUT2D eigenvalue weighted by Crippen LogP contribution is 2.31. The van der Waals surface area contributed by atoms with Crippen LogP contribution in [0.4, 0.5) is 8.78 Å². The summed E-state index contributed by atoms with van der Waals surface area (Å²) in [6.45, 7) is 4.27. The predicted octanol–water partition coefficient (Wildman–Crippen LogP) is 1.10. The predicted molar refractivity (Wildman–Crippen MR) is 53.9 cm³/mol. The van der Waals surface area contributed by atoms with Crippen LogP contribution in [0.25, 0.3) is 0 Å². The average Bonchev–Trinajstić information content (AvgIpc) is 2.11. The molecule has 1 saturated heterocycles. The van der Waals surface area contributed by atoms with Gasteiger partial charge in [0.25, 0.3) is 5.92 Å². The minimum atomic E-state index is -2.66. The second kappa shape index (κ2) is 4.88. The van der Waals surface area contributed by atoms with Crippen LogP contribution in [0.2, 0.25) is 0 Å². The van der Waals surface area contributed by atoms with Crippen molar-refractivity contribution in [2.75, 3.05) is 26.2 Å². The largest absolute Gasteiger partial charge is 0.355 e. The standard InChI is InChI=1S/C10H18F2N2O/c1-3-13-9(15)6-14-5-4-8(2)10(11,12)7-14/h8H,3-7H2,1-2H3,(H,13,15). The summed E-state index contributed by atoms with van der Waals surface area (Å²) in [6, 6.07) is 0. The number of likely N-dealkylation sites (tertiary alicyclic amines) is 1. The monoisotopic (exact) mass is 220 g/mol. The van der Waals surface area contributed by atoms with Crippen molar-refractivity contribution in [3.8, 4) is 0 Å². The van der Waals surface area contributed by atoms with Crippen molar-refractivity contribution in [1.82, 2.24) is 10.2 Å². The zero-order valence-corrected chi connectivity index (χ0v) is 9.22. The summed E-state index contributed by atoms with van der Waals surface area (Å²) in [4.78, 5) is 12.7. The molecule has 0 aromatic rings. The third kappa shape index (κ3) is 3.41. The highest BCUT2D eigenvalue weighted by Gasteiger charge is 2.41. The van der Waals surface area contributed by atoms with Gasteiger partial charge < -0.3 is 5.32 Å². The van der Waals surface area contributed by atoms with E-state index in [-0.39, 0.29) is 19.0 Å². The number of nitrogens with one attached hydrogen (secondary N) is 1. The van der Waals surface area contributed by atoms with Gasteiger partial charge in [-0.25, -0.2) is 8.78 Å². The van der Waals surface area contributed by atoms with Crippen LogP contribution in [0.1, 0.15) is 20.3 Å². The molecule has 0 radical (unpaired) electrons. The maximum absolute atomic E-state index is 13.3. The van der Waals surface area contributed by atoms with Crippen LogP contribution < -0.4 is 5.32 Å². The van der Waals surface area contributed by atoms with Crippen molar-refractivity contribution in [1.29, 1.82) is 0 Å². The summed E-state index contributed by atoms with van der Waals surface area (Å²) in [7, 11) is 0. The molecule has 1 aliphatic rings. The van der Waals surface area contributed by atoms with Crippen molar-refractivity contribution >= 4 is 5.91 Å². The van der Waals surface area contributed by atoms with E-state index in [2.05, 4.69) is 5.32 Å². The minimum absolute atomic E-state index is 0.0795. The number of carbonyl (C=O) groups is 1. The molecule has 1 fully saturated rings. The van der Waals surface area contributed by atoms with E-state index in [9.17, 15) is 13.6 Å². The van der Waals surface area contributed by atoms with E-state index in [4.69, 9.17) is 0 Å². The number of piperidine rings is 1. The number of alkyl halides is 2.